The molecular formula is C13H27ClN4O2. The monoisotopic (exact) mass is 306 g/mol. The minimum Gasteiger partial charge on any atom is -0.347 e. The molecule has 1 heterocycles. The summed E-state index contributed by atoms with van der Waals surface area (Å²) in [5.74, 6) is -0.167. The third-order valence-corrected chi connectivity index (χ3v) is 3.47. The van der Waals surface area contributed by atoms with Crippen molar-refractivity contribution in [2.75, 3.05) is 40.8 Å². The second kappa shape index (κ2) is 9.15. The molecule has 0 saturated carbocycles. The van der Waals surface area contributed by atoms with Gasteiger partial charge in [-0.05, 0) is 33.4 Å². The fraction of sp³-hybridized carbons (Fsp3) is 0.846. The van der Waals surface area contributed by atoms with Gasteiger partial charge in [-0.15, -0.1) is 12.4 Å². The molecule has 1 aliphatic rings. The van der Waals surface area contributed by atoms with Crippen LogP contribution >= 0.6 is 12.4 Å². The Morgan fingerprint density at radius 1 is 1.40 bits per heavy atom. The average molecular weight is 307 g/mol. The average Bonchev–Trinajstić information content (AvgIpc) is 2.37. The number of amides is 2. The molecule has 0 radical (unpaired) electrons. The van der Waals surface area contributed by atoms with Gasteiger partial charge in [-0.1, -0.05) is 0 Å². The molecule has 2 atom stereocenters. The van der Waals surface area contributed by atoms with Crippen LogP contribution in [0.4, 0.5) is 0 Å². The van der Waals surface area contributed by atoms with Crippen molar-refractivity contribution in [2.24, 2.45) is 0 Å². The zero-order valence-corrected chi connectivity index (χ0v) is 13.6. The lowest BCUT2D eigenvalue weighted by atomic mass is 10.1. The number of halogens is 1. The SMILES string of the molecule is CNC1CCCN(CC(=O)NC(C)C(=O)N(C)C)C1.Cl. The van der Waals surface area contributed by atoms with Gasteiger partial charge >= 0.3 is 0 Å². The minimum atomic E-state index is -0.465. The highest BCUT2D eigenvalue weighted by Crippen LogP contribution is 2.08. The lowest BCUT2D eigenvalue weighted by molar-refractivity contribution is -0.134. The second-order valence-electron chi connectivity index (χ2n) is 5.38. The van der Waals surface area contributed by atoms with Gasteiger partial charge in [0.1, 0.15) is 6.04 Å². The van der Waals surface area contributed by atoms with E-state index in [2.05, 4.69) is 15.5 Å². The third kappa shape index (κ3) is 6.07. The quantitative estimate of drug-likeness (QED) is 0.731. The van der Waals surface area contributed by atoms with E-state index in [0.29, 0.717) is 12.6 Å². The highest BCUT2D eigenvalue weighted by molar-refractivity contribution is 5.87. The van der Waals surface area contributed by atoms with Crippen LogP contribution in [-0.2, 0) is 9.59 Å². The topological polar surface area (TPSA) is 64.7 Å². The van der Waals surface area contributed by atoms with Gasteiger partial charge in [0.15, 0.2) is 0 Å². The van der Waals surface area contributed by atoms with Crippen molar-refractivity contribution >= 4 is 24.2 Å². The van der Waals surface area contributed by atoms with Crippen LogP contribution in [0.3, 0.4) is 0 Å². The number of carbonyl (C=O) groups excluding carboxylic acids is 2. The van der Waals surface area contributed by atoms with Gasteiger partial charge < -0.3 is 15.5 Å². The van der Waals surface area contributed by atoms with E-state index in [4.69, 9.17) is 0 Å². The Balaban J connectivity index is 0.00000361. The number of hydrogen-bond acceptors (Lipinski definition) is 4. The van der Waals surface area contributed by atoms with Crippen molar-refractivity contribution in [3.63, 3.8) is 0 Å². The van der Waals surface area contributed by atoms with Crippen molar-refractivity contribution in [3.8, 4) is 0 Å². The first kappa shape index (κ1) is 19.1. The molecule has 6 nitrogen and oxygen atoms in total. The Morgan fingerprint density at radius 3 is 2.60 bits per heavy atom. The van der Waals surface area contributed by atoms with Gasteiger partial charge in [0, 0.05) is 26.7 Å². The van der Waals surface area contributed by atoms with Crippen LogP contribution in [0, 0.1) is 0 Å². The van der Waals surface area contributed by atoms with Crippen molar-refractivity contribution < 1.29 is 9.59 Å². The molecule has 0 aliphatic carbocycles. The smallest absolute Gasteiger partial charge is 0.244 e. The van der Waals surface area contributed by atoms with Crippen LogP contribution in [0.25, 0.3) is 0 Å². The Labute approximate surface area is 127 Å². The fourth-order valence-corrected chi connectivity index (χ4v) is 2.37. The molecule has 0 spiro atoms. The predicted molar refractivity (Wildman–Crippen MR) is 82.1 cm³/mol. The molecule has 1 fully saturated rings. The zero-order valence-electron chi connectivity index (χ0n) is 12.8. The molecule has 7 heteroatoms. The molecule has 2 amide bonds. The van der Waals surface area contributed by atoms with E-state index in [9.17, 15) is 9.59 Å². The van der Waals surface area contributed by atoms with Crippen LogP contribution < -0.4 is 10.6 Å². The summed E-state index contributed by atoms with van der Waals surface area (Å²) in [6.07, 6.45) is 2.26. The molecular weight excluding hydrogens is 280 g/mol. The van der Waals surface area contributed by atoms with Gasteiger partial charge in [0.2, 0.25) is 11.8 Å². The zero-order chi connectivity index (χ0) is 14.4. The largest absolute Gasteiger partial charge is 0.347 e. The van der Waals surface area contributed by atoms with Gasteiger partial charge in [-0.2, -0.15) is 0 Å². The maximum Gasteiger partial charge on any atom is 0.244 e. The minimum absolute atomic E-state index is 0. The van der Waals surface area contributed by atoms with Crippen molar-refractivity contribution in [1.29, 1.82) is 0 Å². The van der Waals surface area contributed by atoms with Crippen molar-refractivity contribution in [3.05, 3.63) is 0 Å². The molecule has 0 aromatic carbocycles. The molecule has 1 saturated heterocycles. The molecule has 0 aromatic rings. The Hall–Kier alpha value is -0.850. The molecule has 0 aromatic heterocycles. The Kier molecular flexibility index (Phi) is 8.76. The summed E-state index contributed by atoms with van der Waals surface area (Å²) < 4.78 is 0. The van der Waals surface area contributed by atoms with Gasteiger partial charge in [-0.3, -0.25) is 14.5 Å². The summed E-state index contributed by atoms with van der Waals surface area (Å²) in [5.41, 5.74) is 0. The summed E-state index contributed by atoms with van der Waals surface area (Å²) in [6.45, 7) is 3.91. The molecule has 118 valence electrons. The predicted octanol–water partition coefficient (Wildman–Crippen LogP) is -0.315. The lowest BCUT2D eigenvalue weighted by Gasteiger charge is -2.32. The van der Waals surface area contributed by atoms with Crippen molar-refractivity contribution in [1.82, 2.24) is 20.4 Å². The number of nitrogens with zero attached hydrogens (tertiary/aromatic N) is 2. The van der Waals surface area contributed by atoms with Gasteiger partial charge in [-0.25, -0.2) is 0 Å². The number of hydrogen-bond donors (Lipinski definition) is 2. The summed E-state index contributed by atoms with van der Waals surface area (Å²) in [5, 5.41) is 6.00. The molecule has 1 aliphatic heterocycles. The third-order valence-electron chi connectivity index (χ3n) is 3.47. The second-order valence-corrected chi connectivity index (χ2v) is 5.38. The molecule has 2 N–H and O–H groups in total. The van der Waals surface area contributed by atoms with Crippen LogP contribution in [0.5, 0.6) is 0 Å². The van der Waals surface area contributed by atoms with E-state index >= 15 is 0 Å². The van der Waals surface area contributed by atoms with E-state index in [1.54, 1.807) is 21.0 Å². The number of carbonyl (C=O) groups is 2. The molecule has 2 unspecified atom stereocenters. The molecule has 0 bridgehead atoms. The highest BCUT2D eigenvalue weighted by atomic mass is 35.5. The van der Waals surface area contributed by atoms with E-state index in [0.717, 1.165) is 25.9 Å². The summed E-state index contributed by atoms with van der Waals surface area (Å²) in [6, 6.07) is -0.00484. The number of piperidine rings is 1. The number of likely N-dealkylation sites (tertiary alicyclic amines) is 1. The highest BCUT2D eigenvalue weighted by Gasteiger charge is 2.22. The van der Waals surface area contributed by atoms with Crippen molar-refractivity contribution in [2.45, 2.75) is 31.8 Å². The summed E-state index contributed by atoms with van der Waals surface area (Å²) in [7, 11) is 5.33. The maximum atomic E-state index is 11.9. The molecule has 20 heavy (non-hydrogen) atoms. The van der Waals surface area contributed by atoms with E-state index in [1.807, 2.05) is 7.05 Å². The Bertz CT molecular complexity index is 325. The van der Waals surface area contributed by atoms with Crippen LogP contribution in [0.1, 0.15) is 19.8 Å². The van der Waals surface area contributed by atoms with Crippen LogP contribution in [0.15, 0.2) is 0 Å². The Morgan fingerprint density at radius 2 is 2.05 bits per heavy atom. The molecule has 1 rings (SSSR count). The standard InChI is InChI=1S/C13H26N4O2.ClH/c1-10(13(19)16(3)4)15-12(18)9-17-7-5-6-11(8-17)14-2;/h10-11,14H,5-9H2,1-4H3,(H,15,18);1H. The number of likely N-dealkylation sites (N-methyl/N-ethyl adjacent to an activating group) is 2. The van der Waals surface area contributed by atoms with E-state index in [1.165, 1.54) is 4.90 Å². The van der Waals surface area contributed by atoms with Gasteiger partial charge in [0.25, 0.3) is 0 Å². The first-order valence-electron chi connectivity index (χ1n) is 6.84. The summed E-state index contributed by atoms with van der Waals surface area (Å²) in [4.78, 5) is 27.2. The van der Waals surface area contributed by atoms with Crippen LogP contribution in [0.2, 0.25) is 0 Å². The number of rotatable bonds is 5. The van der Waals surface area contributed by atoms with E-state index < -0.39 is 6.04 Å². The maximum absolute atomic E-state index is 11.9. The first-order valence-corrected chi connectivity index (χ1v) is 6.84. The van der Waals surface area contributed by atoms with E-state index in [-0.39, 0.29) is 24.2 Å². The first-order chi connectivity index (χ1) is 8.93. The fourth-order valence-electron chi connectivity index (χ4n) is 2.37. The normalized spacial score (nSPS) is 20.7. The lowest BCUT2D eigenvalue weighted by Crippen LogP contribution is -2.51. The summed E-state index contributed by atoms with van der Waals surface area (Å²) >= 11 is 0. The van der Waals surface area contributed by atoms with Gasteiger partial charge in [0.05, 0.1) is 6.54 Å². The number of nitrogens with one attached hydrogen (secondary N) is 2. The van der Waals surface area contributed by atoms with Crippen LogP contribution in [-0.4, -0.2) is 74.5 Å².